The molecule has 0 aromatic heterocycles. The number of nitrogens with zero attached hydrogens (tertiary/aromatic N) is 5. The second kappa shape index (κ2) is 3.80. The van der Waals surface area contributed by atoms with Crippen molar-refractivity contribution in [1.82, 2.24) is 4.67 Å². The van der Waals surface area contributed by atoms with Crippen LogP contribution in [0.25, 0.3) is 0 Å². The molecule has 0 aliphatic carbocycles. The molecule has 0 aromatic rings. The van der Waals surface area contributed by atoms with E-state index in [9.17, 15) is 10.1 Å². The number of nitro groups is 1. The van der Waals surface area contributed by atoms with E-state index in [4.69, 9.17) is 4.74 Å². The van der Waals surface area contributed by atoms with Gasteiger partial charge in [0.2, 0.25) is 5.72 Å². The van der Waals surface area contributed by atoms with Crippen molar-refractivity contribution in [3.63, 3.8) is 0 Å². The zero-order valence-electron chi connectivity index (χ0n) is 8.74. The van der Waals surface area contributed by atoms with Crippen LogP contribution < -0.4 is 0 Å². The lowest BCUT2D eigenvalue weighted by Gasteiger charge is -2.37. The summed E-state index contributed by atoms with van der Waals surface area (Å²) in [6, 6.07) is 0. The summed E-state index contributed by atoms with van der Waals surface area (Å²) in [4.78, 5) is 14.5. The third-order valence-corrected chi connectivity index (χ3v) is 3.66. The largest absolute Gasteiger partial charge is 0.472 e. The van der Waals surface area contributed by atoms with Crippen LogP contribution in [0.2, 0.25) is 0 Å². The maximum Gasteiger partial charge on any atom is 0.472 e. The monoisotopic (exact) mass is 245 g/mol. The molecule has 8 nitrogen and oxygen atoms in total. The molecule has 16 heavy (non-hydrogen) atoms. The van der Waals surface area contributed by atoms with Crippen LogP contribution in [-0.2, 0) is 4.74 Å². The number of hydrogen-bond acceptors (Lipinski definition) is 7. The number of azo groups is 1. The van der Waals surface area contributed by atoms with E-state index in [2.05, 4.69) is 24.6 Å². The Balaban J connectivity index is 2.50. The van der Waals surface area contributed by atoms with E-state index in [0.29, 0.717) is 13.0 Å². The zero-order chi connectivity index (χ0) is 11.8. The summed E-state index contributed by atoms with van der Waals surface area (Å²) in [5.41, 5.74) is -1.17. The highest BCUT2D eigenvalue weighted by Gasteiger charge is 2.69. The van der Waals surface area contributed by atoms with E-state index in [1.54, 1.807) is 4.67 Å². The second-order valence-corrected chi connectivity index (χ2v) is 4.26. The number of aliphatic imine (C=N–C) groups is 1. The lowest BCUT2D eigenvalue weighted by atomic mass is 10.0. The van der Waals surface area contributed by atoms with Crippen molar-refractivity contribution < 1.29 is 9.66 Å². The van der Waals surface area contributed by atoms with Crippen LogP contribution in [0.5, 0.6) is 0 Å². The van der Waals surface area contributed by atoms with E-state index < -0.39 is 16.4 Å². The maximum absolute atomic E-state index is 11.2. The normalized spacial score (nSPS) is 38.4. The van der Waals surface area contributed by atoms with Crippen LogP contribution in [0, 0.1) is 10.1 Å². The molecule has 0 bridgehead atoms. The molecular formula is C7H12N5O3P. The molecule has 0 N–H and O–H groups in total. The van der Waals surface area contributed by atoms with E-state index in [0.717, 1.165) is 12.8 Å². The molecule has 3 atom stereocenters. The van der Waals surface area contributed by atoms with Gasteiger partial charge in [-0.2, -0.15) is 4.99 Å². The average molecular weight is 245 g/mol. The summed E-state index contributed by atoms with van der Waals surface area (Å²) in [5, 5.41) is 18.4. The average Bonchev–Trinajstić information content (AvgIpc) is 2.85. The van der Waals surface area contributed by atoms with Crippen LogP contribution in [0.4, 0.5) is 0 Å². The van der Waals surface area contributed by atoms with Gasteiger partial charge in [-0.1, -0.05) is 14.5 Å². The molecule has 2 aliphatic heterocycles. The van der Waals surface area contributed by atoms with Crippen LogP contribution in [0.3, 0.4) is 0 Å². The molecule has 0 amide bonds. The molecule has 2 heterocycles. The SMILES string of the molecule is COC1(C2([N+](=O)[O-])N=CN=N2)CCCN1P. The van der Waals surface area contributed by atoms with Crippen molar-refractivity contribution in [3.8, 4) is 0 Å². The predicted octanol–water partition coefficient (Wildman–Crippen LogP) is 0.640. The Kier molecular flexibility index (Phi) is 2.73. The highest BCUT2D eigenvalue weighted by atomic mass is 31.0. The molecule has 1 saturated heterocycles. The Bertz CT molecular complexity index is 361. The van der Waals surface area contributed by atoms with Gasteiger partial charge in [-0.25, -0.2) is 4.67 Å². The molecule has 0 aromatic carbocycles. The molecule has 0 saturated carbocycles. The summed E-state index contributed by atoms with van der Waals surface area (Å²) in [6.45, 7) is 0.680. The van der Waals surface area contributed by atoms with Crippen molar-refractivity contribution in [2.24, 2.45) is 15.2 Å². The van der Waals surface area contributed by atoms with Gasteiger partial charge in [-0.15, -0.1) is 5.11 Å². The van der Waals surface area contributed by atoms with Crippen molar-refractivity contribution in [1.29, 1.82) is 0 Å². The Labute approximate surface area is 94.2 Å². The molecule has 1 fully saturated rings. The van der Waals surface area contributed by atoms with Crippen LogP contribution in [-0.4, -0.2) is 41.1 Å². The van der Waals surface area contributed by atoms with Crippen molar-refractivity contribution in [2.75, 3.05) is 13.7 Å². The highest BCUT2D eigenvalue weighted by Crippen LogP contribution is 2.45. The van der Waals surface area contributed by atoms with E-state index >= 15 is 0 Å². The summed E-state index contributed by atoms with van der Waals surface area (Å²) in [6.07, 6.45) is 2.38. The van der Waals surface area contributed by atoms with Gasteiger partial charge < -0.3 is 4.74 Å². The Hall–Kier alpha value is -0.980. The summed E-state index contributed by atoms with van der Waals surface area (Å²) in [7, 11) is 3.86. The van der Waals surface area contributed by atoms with Gasteiger partial charge in [-0.3, -0.25) is 10.1 Å². The Morgan fingerprint density at radius 2 is 2.44 bits per heavy atom. The van der Waals surface area contributed by atoms with E-state index in [1.807, 2.05) is 0 Å². The smallest absolute Gasteiger partial charge is 0.353 e. The number of hydrogen-bond donors (Lipinski definition) is 0. The van der Waals surface area contributed by atoms with Crippen molar-refractivity contribution >= 4 is 15.7 Å². The van der Waals surface area contributed by atoms with Crippen LogP contribution in [0.1, 0.15) is 12.8 Å². The van der Waals surface area contributed by atoms with Gasteiger partial charge in [-0.05, 0) is 6.42 Å². The standard InChI is InChI=1S/C7H12N5O3P/c1-15-6(3-2-4-11(6)16)7(12(13)14)8-5-9-10-7/h5H,2-4,16H2,1H3. The van der Waals surface area contributed by atoms with Gasteiger partial charge in [0.15, 0.2) is 0 Å². The first-order valence-corrected chi connectivity index (χ1v) is 5.28. The third kappa shape index (κ3) is 1.24. The first-order chi connectivity index (χ1) is 7.59. The summed E-state index contributed by atoms with van der Waals surface area (Å²) >= 11 is 0. The molecule has 3 unspecified atom stereocenters. The minimum absolute atomic E-state index is 0.490. The van der Waals surface area contributed by atoms with Gasteiger partial charge >= 0.3 is 5.79 Å². The molecule has 0 spiro atoms. The van der Waals surface area contributed by atoms with Crippen LogP contribution in [0.15, 0.2) is 15.2 Å². The molecule has 0 radical (unpaired) electrons. The molecule has 2 rings (SSSR count). The number of methoxy groups -OCH3 is 1. The van der Waals surface area contributed by atoms with Gasteiger partial charge in [0.05, 0.1) is 4.92 Å². The zero-order valence-corrected chi connectivity index (χ0v) is 9.89. The lowest BCUT2D eigenvalue weighted by molar-refractivity contribution is -0.598. The van der Waals surface area contributed by atoms with Gasteiger partial charge in [0.25, 0.3) is 0 Å². The van der Waals surface area contributed by atoms with E-state index in [1.165, 1.54) is 7.11 Å². The summed E-state index contributed by atoms with van der Waals surface area (Å²) < 4.78 is 7.05. The predicted molar refractivity (Wildman–Crippen MR) is 58.5 cm³/mol. The Morgan fingerprint density at radius 1 is 1.69 bits per heavy atom. The fourth-order valence-electron chi connectivity index (χ4n) is 2.17. The number of rotatable bonds is 3. The fraction of sp³-hybridized carbons (Fsp3) is 0.857. The maximum atomic E-state index is 11.2. The van der Waals surface area contributed by atoms with Crippen molar-refractivity contribution in [2.45, 2.75) is 24.4 Å². The van der Waals surface area contributed by atoms with Gasteiger partial charge in [0.1, 0.15) is 6.34 Å². The highest BCUT2D eigenvalue weighted by molar-refractivity contribution is 7.13. The number of ether oxygens (including phenoxy) is 1. The molecule has 9 heteroatoms. The Morgan fingerprint density at radius 3 is 2.81 bits per heavy atom. The molecular weight excluding hydrogens is 233 g/mol. The van der Waals surface area contributed by atoms with Crippen molar-refractivity contribution in [3.05, 3.63) is 10.1 Å². The topological polar surface area (TPSA) is 92.7 Å². The minimum atomic E-state index is -1.88. The lowest BCUT2D eigenvalue weighted by Crippen LogP contribution is -2.61. The first-order valence-electron chi connectivity index (χ1n) is 4.77. The van der Waals surface area contributed by atoms with Gasteiger partial charge in [0, 0.05) is 20.1 Å². The fourth-order valence-corrected chi connectivity index (χ4v) is 2.76. The molecule has 88 valence electrons. The summed E-state index contributed by atoms with van der Waals surface area (Å²) in [5.74, 6) is -1.88. The molecule has 2 aliphatic rings. The minimum Gasteiger partial charge on any atom is -0.353 e. The second-order valence-electron chi connectivity index (χ2n) is 3.64. The third-order valence-electron chi connectivity index (χ3n) is 2.98. The van der Waals surface area contributed by atoms with Crippen LogP contribution >= 0.6 is 9.39 Å². The van der Waals surface area contributed by atoms with E-state index in [-0.39, 0.29) is 0 Å². The first kappa shape index (κ1) is 11.5. The quantitative estimate of drug-likeness (QED) is 0.414.